The van der Waals surface area contributed by atoms with E-state index in [0.29, 0.717) is 28.2 Å². The van der Waals surface area contributed by atoms with Crippen LogP contribution in [0.25, 0.3) is 5.69 Å². The Labute approximate surface area is 250 Å². The van der Waals surface area contributed by atoms with Gasteiger partial charge in [-0.2, -0.15) is 5.10 Å². The molecule has 0 unspecified atom stereocenters. The number of nitrogens with one attached hydrogen (secondary N) is 1. The van der Waals surface area contributed by atoms with Crippen LogP contribution < -0.4 is 25.4 Å². The van der Waals surface area contributed by atoms with Gasteiger partial charge in [-0.15, -0.1) is 0 Å². The van der Waals surface area contributed by atoms with Crippen molar-refractivity contribution in [3.8, 4) is 22.9 Å². The van der Waals surface area contributed by atoms with Crippen molar-refractivity contribution in [3.63, 3.8) is 0 Å². The first-order valence-electron chi connectivity index (χ1n) is 12.5. The summed E-state index contributed by atoms with van der Waals surface area (Å²) in [5.74, 6) is 0.448. The van der Waals surface area contributed by atoms with Crippen molar-refractivity contribution in [1.82, 2.24) is 9.99 Å². The van der Waals surface area contributed by atoms with E-state index in [0.717, 1.165) is 17.1 Å². The van der Waals surface area contributed by atoms with Crippen molar-refractivity contribution in [1.29, 1.82) is 0 Å². The highest BCUT2D eigenvalue weighted by Crippen LogP contribution is 2.42. The van der Waals surface area contributed by atoms with Gasteiger partial charge < -0.3 is 28.9 Å². The van der Waals surface area contributed by atoms with E-state index in [4.69, 9.17) is 36.0 Å². The molecule has 0 radical (unpaired) electrons. The lowest BCUT2D eigenvalue weighted by Gasteiger charge is -2.15. The smallest absolute Gasteiger partial charge is 0.307 e. The zero-order chi connectivity index (χ0) is 29.5. The second-order valence-electron chi connectivity index (χ2n) is 8.81. The number of nitrogens with two attached hydrogens (primary N) is 1. The van der Waals surface area contributed by atoms with Crippen LogP contribution >= 0.6 is 27.5 Å². The normalized spacial score (nSPS) is 11.0. The minimum absolute atomic E-state index is 0.0666. The Hall–Kier alpha value is -4.22. The Kier molecular flexibility index (Phi) is 9.74. The van der Waals surface area contributed by atoms with Crippen LogP contribution in [-0.2, 0) is 11.4 Å². The largest absolute Gasteiger partial charge is 0.490 e. The van der Waals surface area contributed by atoms with Gasteiger partial charge in [-0.05, 0) is 91.3 Å². The topological polar surface area (TPSA) is 130 Å². The maximum absolute atomic E-state index is 12.6. The number of aryl methyl sites for hydroxylation is 2. The van der Waals surface area contributed by atoms with E-state index < -0.39 is 11.8 Å². The van der Waals surface area contributed by atoms with Gasteiger partial charge in [-0.25, -0.2) is 5.43 Å². The zero-order valence-corrected chi connectivity index (χ0v) is 24.9. The summed E-state index contributed by atoms with van der Waals surface area (Å²) < 4.78 is 25.0. The first-order valence-corrected chi connectivity index (χ1v) is 13.7. The fraction of sp³-hybridized carbons (Fsp3) is 0.207. The predicted molar refractivity (Wildman–Crippen MR) is 158 cm³/mol. The molecule has 0 saturated heterocycles. The van der Waals surface area contributed by atoms with Crippen LogP contribution in [0.5, 0.6) is 17.2 Å². The van der Waals surface area contributed by atoms with Crippen LogP contribution in [0.3, 0.4) is 0 Å². The molecule has 10 nitrogen and oxygen atoms in total. The summed E-state index contributed by atoms with van der Waals surface area (Å²) in [7, 11) is 0. The second-order valence-corrected chi connectivity index (χ2v) is 9.98. The predicted octanol–water partition coefficient (Wildman–Crippen LogP) is 5.71. The lowest BCUT2D eigenvalue weighted by atomic mass is 10.2. The maximum atomic E-state index is 12.6. The number of rotatable bonds is 12. The number of primary amides is 1. The first-order chi connectivity index (χ1) is 19.7. The number of nitrogens with zero attached hydrogens (tertiary/aromatic N) is 2. The Balaban J connectivity index is 1.36. The van der Waals surface area contributed by atoms with Gasteiger partial charge in [0.2, 0.25) is 0 Å². The molecule has 12 heteroatoms. The summed E-state index contributed by atoms with van der Waals surface area (Å²) in [6.45, 7) is 6.00. The molecule has 4 aromatic rings. The van der Waals surface area contributed by atoms with E-state index in [2.05, 4.69) is 57.0 Å². The van der Waals surface area contributed by atoms with Crippen LogP contribution in [0, 0.1) is 13.8 Å². The summed E-state index contributed by atoms with van der Waals surface area (Å²) in [5, 5.41) is 4.15. The molecule has 0 fully saturated rings. The van der Waals surface area contributed by atoms with Gasteiger partial charge in [-0.1, -0.05) is 11.6 Å². The van der Waals surface area contributed by atoms with E-state index in [-0.39, 0.29) is 35.5 Å². The Morgan fingerprint density at radius 2 is 1.78 bits per heavy atom. The number of furan rings is 1. The highest BCUT2D eigenvalue weighted by molar-refractivity contribution is 9.10. The third-order valence-electron chi connectivity index (χ3n) is 5.82. The number of amides is 2. The van der Waals surface area contributed by atoms with Gasteiger partial charge in [0.25, 0.3) is 5.91 Å². The Bertz CT molecular complexity index is 1560. The average Bonchev–Trinajstić information content (AvgIpc) is 3.56. The molecule has 0 aliphatic rings. The Morgan fingerprint density at radius 1 is 1.07 bits per heavy atom. The maximum Gasteiger partial charge on any atom is 0.307 e. The first kappa shape index (κ1) is 29.8. The number of ether oxygens (including phenoxy) is 3. The number of hydrazone groups is 1. The fourth-order valence-electron chi connectivity index (χ4n) is 3.95. The second kappa shape index (κ2) is 13.4. The van der Waals surface area contributed by atoms with Crippen LogP contribution in [0.4, 0.5) is 0 Å². The molecule has 41 heavy (non-hydrogen) atoms. The molecule has 0 atom stereocenters. The van der Waals surface area contributed by atoms with E-state index in [1.165, 1.54) is 12.3 Å². The van der Waals surface area contributed by atoms with Crippen LogP contribution in [-0.4, -0.2) is 35.8 Å². The molecule has 4 rings (SSSR count). The molecule has 2 aromatic heterocycles. The minimum Gasteiger partial charge on any atom is -0.490 e. The van der Waals surface area contributed by atoms with Crippen molar-refractivity contribution >= 4 is 45.6 Å². The number of halogens is 2. The molecule has 0 aliphatic heterocycles. The third-order valence-corrected chi connectivity index (χ3v) is 7.26. The molecule has 2 heterocycles. The highest BCUT2D eigenvalue weighted by Gasteiger charge is 2.18. The van der Waals surface area contributed by atoms with E-state index in [1.54, 1.807) is 19.1 Å². The van der Waals surface area contributed by atoms with Gasteiger partial charge in [0.1, 0.15) is 23.1 Å². The lowest BCUT2D eigenvalue weighted by molar-refractivity contribution is -0.119. The van der Waals surface area contributed by atoms with Crippen molar-refractivity contribution < 1.29 is 28.2 Å². The summed E-state index contributed by atoms with van der Waals surface area (Å²) in [6.07, 6.45) is 1.38. The molecular formula is C29H28BrClN4O6. The fourth-order valence-corrected chi connectivity index (χ4v) is 4.61. The molecule has 214 valence electrons. The van der Waals surface area contributed by atoms with E-state index >= 15 is 0 Å². The lowest BCUT2D eigenvalue weighted by Crippen LogP contribution is -2.20. The van der Waals surface area contributed by atoms with Gasteiger partial charge in [0.05, 0.1) is 12.8 Å². The molecule has 0 spiro atoms. The number of carbonyl (C=O) groups excluding carboxylic acids is 2. The van der Waals surface area contributed by atoms with Crippen molar-refractivity contribution in [2.75, 3.05) is 13.2 Å². The Morgan fingerprint density at radius 3 is 2.44 bits per heavy atom. The summed E-state index contributed by atoms with van der Waals surface area (Å²) in [5.41, 5.74) is 11.4. The van der Waals surface area contributed by atoms with Crippen LogP contribution in [0.1, 0.15) is 40.2 Å². The molecule has 2 aromatic carbocycles. The SMILES string of the molecule is CCOc1cc(/C=N/NC(=O)c2ccc(COc3ccc(-n4c(C)ccc4C)cc3)o2)c(Br)c(Cl)c1OCC(N)=O. The monoisotopic (exact) mass is 642 g/mol. The standard InChI is InChI=1S/C29H28BrClN4O6/c1-4-38-24-13-19(26(30)27(31)28(24)40-16-25(32)36)14-33-34-29(37)23-12-11-22(41-23)15-39-21-9-7-20(8-10-21)35-17(2)5-6-18(35)3/h5-14H,4,15-16H2,1-3H3,(H2,32,36)(H,34,37)/b33-14+. The summed E-state index contributed by atoms with van der Waals surface area (Å²) >= 11 is 9.77. The van der Waals surface area contributed by atoms with Gasteiger partial charge in [0, 0.05) is 27.1 Å². The molecule has 0 saturated carbocycles. The molecule has 3 N–H and O–H groups in total. The molecule has 0 aliphatic carbocycles. The van der Waals surface area contributed by atoms with Gasteiger partial charge in [0.15, 0.2) is 23.9 Å². The van der Waals surface area contributed by atoms with Crippen LogP contribution in [0.2, 0.25) is 5.02 Å². The molecular weight excluding hydrogens is 616 g/mol. The van der Waals surface area contributed by atoms with Crippen LogP contribution in [0.15, 0.2) is 68.6 Å². The third kappa shape index (κ3) is 7.30. The molecule has 0 bridgehead atoms. The number of hydrogen-bond acceptors (Lipinski definition) is 7. The number of benzene rings is 2. The van der Waals surface area contributed by atoms with E-state index in [1.807, 2.05) is 24.3 Å². The van der Waals surface area contributed by atoms with E-state index in [9.17, 15) is 9.59 Å². The number of aromatic nitrogens is 1. The minimum atomic E-state index is -0.659. The summed E-state index contributed by atoms with van der Waals surface area (Å²) in [6, 6.07) is 16.7. The number of hydrogen-bond donors (Lipinski definition) is 2. The number of carbonyl (C=O) groups is 2. The molecule has 2 amide bonds. The zero-order valence-electron chi connectivity index (χ0n) is 22.6. The van der Waals surface area contributed by atoms with Gasteiger partial charge in [-0.3, -0.25) is 9.59 Å². The van der Waals surface area contributed by atoms with Crippen molar-refractivity contribution in [2.24, 2.45) is 10.8 Å². The summed E-state index contributed by atoms with van der Waals surface area (Å²) in [4.78, 5) is 23.7. The average molecular weight is 644 g/mol. The van der Waals surface area contributed by atoms with Crippen molar-refractivity contribution in [3.05, 3.63) is 92.6 Å². The van der Waals surface area contributed by atoms with Crippen molar-refractivity contribution in [2.45, 2.75) is 27.4 Å². The highest BCUT2D eigenvalue weighted by atomic mass is 79.9. The quantitative estimate of drug-likeness (QED) is 0.150. The van der Waals surface area contributed by atoms with Gasteiger partial charge >= 0.3 is 5.91 Å².